The molecule has 0 aliphatic rings. The lowest BCUT2D eigenvalue weighted by Gasteiger charge is -2.35. The smallest absolute Gasteiger partial charge is 0.00978 e. The van der Waals surface area contributed by atoms with Crippen molar-refractivity contribution in [2.75, 3.05) is 0 Å². The highest BCUT2D eigenvalue weighted by Crippen LogP contribution is 2.29. The average molecular weight is 227 g/mol. The standard InChI is InChI=1S/C15H33N/c1-10(2)8-9-13(7)15(16)14(11(3)4)12(5)6/h10-15H,8-9,16H2,1-7H3/t13-,15?/m0/s1. The van der Waals surface area contributed by atoms with E-state index in [9.17, 15) is 0 Å². The van der Waals surface area contributed by atoms with Crippen LogP contribution in [0.2, 0.25) is 0 Å². The second-order valence-electron chi connectivity index (χ2n) is 6.59. The number of nitrogens with two attached hydrogens (primary N) is 1. The van der Waals surface area contributed by atoms with Crippen molar-refractivity contribution < 1.29 is 0 Å². The third-order valence-corrected chi connectivity index (χ3v) is 3.84. The Morgan fingerprint density at radius 1 is 0.750 bits per heavy atom. The van der Waals surface area contributed by atoms with E-state index in [1.165, 1.54) is 12.8 Å². The van der Waals surface area contributed by atoms with Gasteiger partial charge in [0.2, 0.25) is 0 Å². The quantitative estimate of drug-likeness (QED) is 0.689. The van der Waals surface area contributed by atoms with Crippen LogP contribution in [-0.4, -0.2) is 6.04 Å². The van der Waals surface area contributed by atoms with Crippen LogP contribution in [0.1, 0.15) is 61.3 Å². The van der Waals surface area contributed by atoms with Crippen molar-refractivity contribution in [3.05, 3.63) is 0 Å². The van der Waals surface area contributed by atoms with Gasteiger partial charge in [-0.2, -0.15) is 0 Å². The van der Waals surface area contributed by atoms with E-state index in [2.05, 4.69) is 48.5 Å². The Hall–Kier alpha value is -0.0400. The van der Waals surface area contributed by atoms with Crippen LogP contribution in [-0.2, 0) is 0 Å². The van der Waals surface area contributed by atoms with Crippen LogP contribution in [0, 0.1) is 29.6 Å². The van der Waals surface area contributed by atoms with Gasteiger partial charge in [-0.15, -0.1) is 0 Å². The van der Waals surface area contributed by atoms with Gasteiger partial charge >= 0.3 is 0 Å². The summed E-state index contributed by atoms with van der Waals surface area (Å²) in [6, 6.07) is 0.360. The SMILES string of the molecule is CC(C)CC[C@H](C)C(N)C(C(C)C)C(C)C. The van der Waals surface area contributed by atoms with Gasteiger partial charge in [-0.3, -0.25) is 0 Å². The van der Waals surface area contributed by atoms with Gasteiger partial charge in [0.1, 0.15) is 0 Å². The van der Waals surface area contributed by atoms with Crippen LogP contribution in [0.4, 0.5) is 0 Å². The molecule has 0 rings (SSSR count). The third-order valence-electron chi connectivity index (χ3n) is 3.84. The molecule has 0 amide bonds. The Bertz CT molecular complexity index is 164. The Morgan fingerprint density at radius 3 is 1.50 bits per heavy atom. The first-order valence-corrected chi connectivity index (χ1v) is 7.02. The van der Waals surface area contributed by atoms with Gasteiger partial charge < -0.3 is 5.73 Å². The molecule has 0 aromatic carbocycles. The fourth-order valence-corrected chi connectivity index (χ4v) is 2.83. The summed E-state index contributed by atoms with van der Waals surface area (Å²) in [7, 11) is 0. The van der Waals surface area contributed by atoms with Gasteiger partial charge in [0.05, 0.1) is 0 Å². The van der Waals surface area contributed by atoms with Crippen LogP contribution < -0.4 is 5.73 Å². The van der Waals surface area contributed by atoms with Crippen LogP contribution in [0.15, 0.2) is 0 Å². The van der Waals surface area contributed by atoms with E-state index in [-0.39, 0.29) is 0 Å². The maximum absolute atomic E-state index is 6.45. The summed E-state index contributed by atoms with van der Waals surface area (Å²) in [5.74, 6) is 3.48. The van der Waals surface area contributed by atoms with Crippen molar-refractivity contribution in [1.29, 1.82) is 0 Å². The second-order valence-corrected chi connectivity index (χ2v) is 6.59. The van der Waals surface area contributed by atoms with Gasteiger partial charge in [-0.1, -0.05) is 54.9 Å². The maximum atomic E-state index is 6.45. The third kappa shape index (κ3) is 5.34. The van der Waals surface area contributed by atoms with E-state index in [1.807, 2.05) is 0 Å². The molecule has 0 fully saturated rings. The Morgan fingerprint density at radius 2 is 1.19 bits per heavy atom. The monoisotopic (exact) mass is 227 g/mol. The molecule has 0 aromatic rings. The first kappa shape index (κ1) is 16.0. The number of hydrogen-bond donors (Lipinski definition) is 1. The molecule has 0 aliphatic heterocycles. The molecule has 98 valence electrons. The van der Waals surface area contributed by atoms with Crippen LogP contribution >= 0.6 is 0 Å². The van der Waals surface area contributed by atoms with E-state index in [0.717, 1.165) is 5.92 Å². The van der Waals surface area contributed by atoms with Crippen molar-refractivity contribution in [2.45, 2.75) is 67.3 Å². The highest BCUT2D eigenvalue weighted by molar-refractivity contribution is 4.82. The molecule has 0 heterocycles. The summed E-state index contributed by atoms with van der Waals surface area (Å²) in [4.78, 5) is 0. The molecule has 0 aromatic heterocycles. The van der Waals surface area contributed by atoms with Gasteiger partial charge in [0.25, 0.3) is 0 Å². The molecule has 1 heteroatoms. The van der Waals surface area contributed by atoms with Crippen molar-refractivity contribution in [3.63, 3.8) is 0 Å². The van der Waals surface area contributed by atoms with E-state index < -0.39 is 0 Å². The molecule has 2 N–H and O–H groups in total. The first-order chi connectivity index (χ1) is 7.27. The van der Waals surface area contributed by atoms with Crippen molar-refractivity contribution >= 4 is 0 Å². The van der Waals surface area contributed by atoms with Gasteiger partial charge in [-0.25, -0.2) is 0 Å². The fraction of sp³-hybridized carbons (Fsp3) is 1.00. The molecule has 1 nitrogen and oxygen atoms in total. The van der Waals surface area contributed by atoms with E-state index >= 15 is 0 Å². The minimum absolute atomic E-state index is 0.360. The topological polar surface area (TPSA) is 26.0 Å². The van der Waals surface area contributed by atoms with Crippen molar-refractivity contribution in [3.8, 4) is 0 Å². The van der Waals surface area contributed by atoms with Crippen LogP contribution in [0.5, 0.6) is 0 Å². The molecular formula is C15H33N. The predicted molar refractivity (Wildman–Crippen MR) is 74.4 cm³/mol. The molecule has 0 saturated heterocycles. The lowest BCUT2D eigenvalue weighted by Crippen LogP contribution is -2.41. The lowest BCUT2D eigenvalue weighted by atomic mass is 9.74. The maximum Gasteiger partial charge on any atom is 0.00978 e. The normalized spacial score (nSPS) is 16.5. The molecule has 0 aliphatic carbocycles. The summed E-state index contributed by atoms with van der Waals surface area (Å²) in [6.07, 6.45) is 2.58. The number of rotatable bonds is 7. The summed E-state index contributed by atoms with van der Waals surface area (Å²) in [5.41, 5.74) is 6.45. The molecular weight excluding hydrogens is 194 g/mol. The summed E-state index contributed by atoms with van der Waals surface area (Å²) in [6.45, 7) is 16.1. The van der Waals surface area contributed by atoms with E-state index in [1.54, 1.807) is 0 Å². The highest BCUT2D eigenvalue weighted by Gasteiger charge is 2.28. The van der Waals surface area contributed by atoms with Crippen molar-refractivity contribution in [2.24, 2.45) is 35.3 Å². The average Bonchev–Trinajstić information content (AvgIpc) is 2.12. The highest BCUT2D eigenvalue weighted by atomic mass is 14.7. The molecule has 1 unspecified atom stereocenters. The van der Waals surface area contributed by atoms with Gasteiger partial charge in [0.15, 0.2) is 0 Å². The van der Waals surface area contributed by atoms with Crippen molar-refractivity contribution in [1.82, 2.24) is 0 Å². The minimum Gasteiger partial charge on any atom is -0.327 e. The van der Waals surface area contributed by atoms with Gasteiger partial charge in [-0.05, 0) is 36.0 Å². The summed E-state index contributed by atoms with van der Waals surface area (Å²) >= 11 is 0. The Kier molecular flexibility index (Phi) is 7.30. The zero-order valence-corrected chi connectivity index (χ0v) is 12.5. The predicted octanol–water partition coefficient (Wildman–Crippen LogP) is 4.31. The molecule has 2 atom stereocenters. The summed E-state index contributed by atoms with van der Waals surface area (Å²) < 4.78 is 0. The lowest BCUT2D eigenvalue weighted by molar-refractivity contribution is 0.187. The largest absolute Gasteiger partial charge is 0.327 e. The minimum atomic E-state index is 0.360. The summed E-state index contributed by atoms with van der Waals surface area (Å²) in [5, 5.41) is 0. The van der Waals surface area contributed by atoms with Crippen LogP contribution in [0.25, 0.3) is 0 Å². The second kappa shape index (κ2) is 7.32. The first-order valence-electron chi connectivity index (χ1n) is 7.02. The zero-order chi connectivity index (χ0) is 12.9. The molecule has 0 spiro atoms. The molecule has 0 radical (unpaired) electrons. The van der Waals surface area contributed by atoms with E-state index in [0.29, 0.717) is 29.7 Å². The molecule has 16 heavy (non-hydrogen) atoms. The fourth-order valence-electron chi connectivity index (χ4n) is 2.83. The van der Waals surface area contributed by atoms with Crippen LogP contribution in [0.3, 0.4) is 0 Å². The van der Waals surface area contributed by atoms with Gasteiger partial charge in [0, 0.05) is 6.04 Å². The zero-order valence-electron chi connectivity index (χ0n) is 12.5. The van der Waals surface area contributed by atoms with E-state index in [4.69, 9.17) is 5.73 Å². The Balaban J connectivity index is 4.31. The Labute approximate surface area is 103 Å². The molecule has 0 saturated carbocycles. The molecule has 0 bridgehead atoms. The number of hydrogen-bond acceptors (Lipinski definition) is 1.